The molecule has 8 heteroatoms. The van der Waals surface area contributed by atoms with Crippen LogP contribution >= 0.6 is 35.4 Å². The Balaban J connectivity index is 1.50. The highest BCUT2D eigenvalue weighted by molar-refractivity contribution is 7.80. The van der Waals surface area contributed by atoms with Gasteiger partial charge in [0.15, 0.2) is 5.11 Å². The van der Waals surface area contributed by atoms with Gasteiger partial charge in [0.1, 0.15) is 17.6 Å². The van der Waals surface area contributed by atoms with Crippen molar-refractivity contribution in [2.75, 3.05) is 13.2 Å². The van der Waals surface area contributed by atoms with E-state index in [4.69, 9.17) is 44.6 Å². The Kier molecular flexibility index (Phi) is 5.89. The first-order valence-corrected chi connectivity index (χ1v) is 11.4. The molecule has 0 spiro atoms. The summed E-state index contributed by atoms with van der Waals surface area (Å²) in [4.78, 5) is 6.74. The zero-order valence-electron chi connectivity index (χ0n) is 16.6. The lowest BCUT2D eigenvalue weighted by Crippen LogP contribution is -2.36. The lowest BCUT2D eigenvalue weighted by atomic mass is 10.0. The maximum Gasteiger partial charge on any atom is 0.170 e. The number of furan rings is 1. The molecule has 2 fully saturated rings. The maximum atomic E-state index is 6.33. The van der Waals surface area contributed by atoms with Crippen molar-refractivity contribution in [2.24, 2.45) is 0 Å². The minimum Gasteiger partial charge on any atom is -0.459 e. The highest BCUT2D eigenvalue weighted by Gasteiger charge is 2.42. The molecule has 1 N–H and O–H groups in total. The first-order valence-electron chi connectivity index (χ1n) is 10.2. The number of thiocarbonyl (C=S) groups is 1. The second-order valence-corrected chi connectivity index (χ2v) is 8.95. The fourth-order valence-corrected chi connectivity index (χ4v) is 4.85. The van der Waals surface area contributed by atoms with Crippen LogP contribution in [0.3, 0.4) is 0 Å². The van der Waals surface area contributed by atoms with Crippen LogP contribution in [0.25, 0.3) is 11.3 Å². The van der Waals surface area contributed by atoms with Crippen LogP contribution in [0.15, 0.2) is 59.1 Å². The minimum absolute atomic E-state index is 0.122. The number of hydrogen-bond donors (Lipinski definition) is 1. The molecule has 160 valence electrons. The summed E-state index contributed by atoms with van der Waals surface area (Å²) in [5, 5.41) is 5.14. The normalized spacial score (nSPS) is 23.4. The molecule has 2 aliphatic rings. The van der Waals surface area contributed by atoms with E-state index in [0.717, 1.165) is 42.2 Å². The predicted octanol–water partition coefficient (Wildman–Crippen LogP) is 5.80. The van der Waals surface area contributed by atoms with E-state index in [1.165, 1.54) is 0 Å². The summed E-state index contributed by atoms with van der Waals surface area (Å²) in [6.07, 6.45) is 4.07. The number of rotatable bonds is 5. The van der Waals surface area contributed by atoms with Gasteiger partial charge in [-0.25, -0.2) is 0 Å². The van der Waals surface area contributed by atoms with Crippen LogP contribution in [0.4, 0.5) is 0 Å². The van der Waals surface area contributed by atoms with Gasteiger partial charge >= 0.3 is 0 Å². The van der Waals surface area contributed by atoms with Gasteiger partial charge in [-0.05, 0) is 67.5 Å². The average Bonchev–Trinajstić information content (AvgIpc) is 3.52. The Labute approximate surface area is 196 Å². The molecular weight excluding hydrogens is 453 g/mol. The van der Waals surface area contributed by atoms with E-state index in [9.17, 15) is 0 Å². The molecular formula is C23H21Cl2N3O2S. The Morgan fingerprint density at radius 3 is 2.77 bits per heavy atom. The molecule has 31 heavy (non-hydrogen) atoms. The van der Waals surface area contributed by atoms with E-state index in [0.29, 0.717) is 21.7 Å². The predicted molar refractivity (Wildman–Crippen MR) is 125 cm³/mol. The Morgan fingerprint density at radius 1 is 1.13 bits per heavy atom. The van der Waals surface area contributed by atoms with E-state index >= 15 is 0 Å². The molecule has 0 saturated carbocycles. The Hall–Kier alpha value is -2.12. The third-order valence-electron chi connectivity index (χ3n) is 5.74. The molecule has 3 aromatic rings. The SMILES string of the molecule is S=C1N[C@H](c2ccccn2)[C@H](c2ccc(-c3ccc(Cl)c(Cl)c3)o2)N1C[C@@H]1CCCO1. The number of pyridine rings is 1. The number of aromatic nitrogens is 1. The number of nitrogens with zero attached hydrogens (tertiary/aromatic N) is 2. The van der Waals surface area contributed by atoms with Crippen molar-refractivity contribution in [3.63, 3.8) is 0 Å². The summed E-state index contributed by atoms with van der Waals surface area (Å²) in [5.74, 6) is 1.53. The third-order valence-corrected chi connectivity index (χ3v) is 6.84. The van der Waals surface area contributed by atoms with Crippen LogP contribution in [-0.4, -0.2) is 34.3 Å². The van der Waals surface area contributed by atoms with Crippen LogP contribution in [0.5, 0.6) is 0 Å². The molecule has 0 bridgehead atoms. The summed E-state index contributed by atoms with van der Waals surface area (Å²) < 4.78 is 12.2. The second-order valence-electron chi connectivity index (χ2n) is 7.74. The summed E-state index contributed by atoms with van der Waals surface area (Å²) in [7, 11) is 0. The largest absolute Gasteiger partial charge is 0.459 e. The lowest BCUT2D eigenvalue weighted by molar-refractivity contribution is 0.0818. The molecule has 0 aliphatic carbocycles. The van der Waals surface area contributed by atoms with E-state index in [2.05, 4.69) is 15.2 Å². The summed E-state index contributed by atoms with van der Waals surface area (Å²) in [6.45, 7) is 1.51. The van der Waals surface area contributed by atoms with Crippen molar-refractivity contribution in [1.82, 2.24) is 15.2 Å². The van der Waals surface area contributed by atoms with Crippen molar-refractivity contribution in [3.8, 4) is 11.3 Å². The van der Waals surface area contributed by atoms with Crippen LogP contribution in [0, 0.1) is 0 Å². The Bertz CT molecular complexity index is 1090. The summed E-state index contributed by atoms with van der Waals surface area (Å²) in [6, 6.07) is 15.1. The first-order chi connectivity index (χ1) is 15.1. The van der Waals surface area contributed by atoms with Crippen LogP contribution in [0.2, 0.25) is 10.0 Å². The third kappa shape index (κ3) is 4.17. The molecule has 1 aromatic carbocycles. The molecule has 5 nitrogen and oxygen atoms in total. The molecule has 0 radical (unpaired) electrons. The lowest BCUT2D eigenvalue weighted by Gasteiger charge is -2.28. The van der Waals surface area contributed by atoms with Gasteiger partial charge in [-0.3, -0.25) is 4.98 Å². The number of benzene rings is 1. The van der Waals surface area contributed by atoms with Gasteiger partial charge in [0.2, 0.25) is 0 Å². The fourth-order valence-electron chi connectivity index (χ4n) is 4.24. The van der Waals surface area contributed by atoms with Gasteiger partial charge < -0.3 is 19.4 Å². The first kappa shape index (κ1) is 20.8. The number of halogens is 2. The van der Waals surface area contributed by atoms with E-state index in [1.54, 1.807) is 12.3 Å². The highest BCUT2D eigenvalue weighted by atomic mass is 35.5. The second kappa shape index (κ2) is 8.79. The van der Waals surface area contributed by atoms with E-state index in [1.807, 2.05) is 42.5 Å². The van der Waals surface area contributed by atoms with Crippen molar-refractivity contribution < 1.29 is 9.15 Å². The molecule has 3 atom stereocenters. The van der Waals surface area contributed by atoms with Gasteiger partial charge in [-0.2, -0.15) is 0 Å². The fraction of sp³-hybridized carbons (Fsp3) is 0.304. The quantitative estimate of drug-likeness (QED) is 0.472. The van der Waals surface area contributed by atoms with Crippen LogP contribution in [0.1, 0.15) is 36.4 Å². The monoisotopic (exact) mass is 473 g/mol. The number of ether oxygens (including phenoxy) is 1. The molecule has 2 saturated heterocycles. The topological polar surface area (TPSA) is 50.5 Å². The maximum absolute atomic E-state index is 6.33. The molecule has 2 aliphatic heterocycles. The van der Waals surface area contributed by atoms with E-state index in [-0.39, 0.29) is 18.2 Å². The van der Waals surface area contributed by atoms with Crippen molar-refractivity contribution in [2.45, 2.75) is 31.0 Å². The number of hydrogen-bond acceptors (Lipinski definition) is 4. The minimum atomic E-state index is -0.136. The molecule has 2 aromatic heterocycles. The van der Waals surface area contributed by atoms with Gasteiger partial charge in [0.05, 0.1) is 27.9 Å². The Morgan fingerprint density at radius 2 is 2.03 bits per heavy atom. The highest BCUT2D eigenvalue weighted by Crippen LogP contribution is 2.41. The molecule has 4 heterocycles. The molecule has 5 rings (SSSR count). The van der Waals surface area contributed by atoms with Gasteiger partial charge in [-0.1, -0.05) is 29.3 Å². The van der Waals surface area contributed by atoms with Crippen molar-refractivity contribution >= 4 is 40.5 Å². The van der Waals surface area contributed by atoms with Crippen LogP contribution in [-0.2, 0) is 4.74 Å². The van der Waals surface area contributed by atoms with Crippen LogP contribution < -0.4 is 5.32 Å². The zero-order chi connectivity index (χ0) is 21.4. The van der Waals surface area contributed by atoms with Gasteiger partial charge in [0, 0.05) is 24.9 Å². The average molecular weight is 474 g/mol. The summed E-state index contributed by atoms with van der Waals surface area (Å²) >= 11 is 18.0. The standard InChI is InChI=1S/C23H21Cl2N3O2S/c24-16-7-6-14(12-17(16)25)19-8-9-20(30-19)22-21(18-5-1-2-10-26-18)27-23(31)28(22)13-15-4-3-11-29-15/h1-2,5-10,12,15,21-22H,3-4,11,13H2,(H,27,31)/t15-,21+,22-/m0/s1. The van der Waals surface area contributed by atoms with Crippen molar-refractivity contribution in [1.29, 1.82) is 0 Å². The number of nitrogens with one attached hydrogen (secondary N) is 1. The molecule has 0 unspecified atom stereocenters. The van der Waals surface area contributed by atoms with E-state index < -0.39 is 0 Å². The zero-order valence-corrected chi connectivity index (χ0v) is 19.0. The van der Waals surface area contributed by atoms with Gasteiger partial charge in [0.25, 0.3) is 0 Å². The van der Waals surface area contributed by atoms with Crippen molar-refractivity contribution in [3.05, 3.63) is 76.2 Å². The van der Waals surface area contributed by atoms with Gasteiger partial charge in [-0.15, -0.1) is 0 Å². The molecule has 0 amide bonds. The smallest absolute Gasteiger partial charge is 0.170 e. The summed E-state index contributed by atoms with van der Waals surface area (Å²) in [5.41, 5.74) is 1.78.